The normalized spacial score (nSPS) is 15.3. The molecule has 1 aliphatic carbocycles. The van der Waals surface area contributed by atoms with E-state index < -0.39 is 11.9 Å². The van der Waals surface area contributed by atoms with Crippen molar-refractivity contribution in [3.63, 3.8) is 0 Å². The average molecular weight is 355 g/mol. The van der Waals surface area contributed by atoms with Crippen LogP contribution in [0.2, 0.25) is 0 Å². The molecule has 0 radical (unpaired) electrons. The van der Waals surface area contributed by atoms with Crippen LogP contribution in [0.5, 0.6) is 0 Å². The molecule has 26 heavy (non-hydrogen) atoms. The van der Waals surface area contributed by atoms with Gasteiger partial charge in [-0.25, -0.2) is 9.79 Å². The van der Waals surface area contributed by atoms with Crippen molar-refractivity contribution in [3.8, 4) is 0 Å². The van der Waals surface area contributed by atoms with Gasteiger partial charge in [-0.1, -0.05) is 0 Å². The van der Waals surface area contributed by atoms with Gasteiger partial charge in [-0.3, -0.25) is 9.59 Å². The molecular weight excluding hydrogens is 334 g/mol. The van der Waals surface area contributed by atoms with E-state index in [4.69, 9.17) is 11.5 Å². The largest absolute Gasteiger partial charge is 0.368 e. The van der Waals surface area contributed by atoms with Crippen molar-refractivity contribution in [1.29, 1.82) is 0 Å². The molecule has 1 aliphatic rings. The first-order valence-corrected chi connectivity index (χ1v) is 8.03. The molecule has 0 saturated heterocycles. The molecular formula is C18H21N5O3. The van der Waals surface area contributed by atoms with E-state index in [2.05, 4.69) is 10.3 Å². The molecule has 2 rings (SSSR count). The highest BCUT2D eigenvalue weighted by Gasteiger charge is 2.17. The lowest BCUT2D eigenvalue weighted by Crippen LogP contribution is -2.33. The monoisotopic (exact) mass is 355 g/mol. The van der Waals surface area contributed by atoms with Crippen LogP contribution in [-0.2, 0) is 9.59 Å². The fraction of sp³-hybridized carbons (Fsp3) is 0.222. The average Bonchev–Trinajstić information content (AvgIpc) is 2.57. The predicted octanol–water partition coefficient (Wildman–Crippen LogP) is 1.15. The molecule has 1 aromatic carbocycles. The molecule has 8 heteroatoms. The standard InChI is InChI=1S/C18H21N5O3/c1-3-23(10-17(19)25)13-6-4-12(5-7-13)21-14-8-11(2)16(24)9-15(14)22-18(20)26/h4-9H,3,10H2,1-2H3,(H2,19,25)(H3,20,22,26). The number of primary amides is 2. The van der Waals surface area contributed by atoms with E-state index >= 15 is 0 Å². The Bertz CT molecular complexity index is 822. The summed E-state index contributed by atoms with van der Waals surface area (Å²) in [5.74, 6) is -0.621. The number of carbonyl (C=O) groups is 3. The molecule has 5 N–H and O–H groups in total. The van der Waals surface area contributed by atoms with Crippen LogP contribution in [0.4, 0.5) is 16.2 Å². The van der Waals surface area contributed by atoms with Crippen LogP contribution in [0.15, 0.2) is 52.7 Å². The number of ketones is 1. The molecule has 8 nitrogen and oxygen atoms in total. The predicted molar refractivity (Wildman–Crippen MR) is 100 cm³/mol. The first kappa shape index (κ1) is 18.9. The highest BCUT2D eigenvalue weighted by Crippen LogP contribution is 2.22. The summed E-state index contributed by atoms with van der Waals surface area (Å²) in [6, 6.07) is 6.41. The van der Waals surface area contributed by atoms with E-state index in [1.54, 1.807) is 25.1 Å². The molecule has 0 spiro atoms. The molecule has 0 bridgehead atoms. The summed E-state index contributed by atoms with van der Waals surface area (Å²) in [4.78, 5) is 40.4. The number of likely N-dealkylation sites (N-methyl/N-ethyl adjacent to an activating group) is 1. The summed E-state index contributed by atoms with van der Waals surface area (Å²) < 4.78 is 0. The molecule has 0 heterocycles. The maximum absolute atomic E-state index is 11.8. The SMILES string of the molecule is CCN(CC(N)=O)c1ccc(N=C2C=C(C)C(=O)C=C2NC(N)=O)cc1. The highest BCUT2D eigenvalue weighted by molar-refractivity contribution is 6.22. The third-order valence-electron chi connectivity index (χ3n) is 3.74. The number of urea groups is 1. The fourth-order valence-electron chi connectivity index (χ4n) is 2.45. The van der Waals surface area contributed by atoms with Crippen LogP contribution in [0.1, 0.15) is 13.8 Å². The number of allylic oxidation sites excluding steroid dienone is 3. The Balaban J connectivity index is 2.29. The van der Waals surface area contributed by atoms with Crippen molar-refractivity contribution in [2.75, 3.05) is 18.0 Å². The molecule has 0 aliphatic heterocycles. The van der Waals surface area contributed by atoms with Gasteiger partial charge in [0.15, 0.2) is 5.78 Å². The van der Waals surface area contributed by atoms with Crippen molar-refractivity contribution >= 4 is 34.8 Å². The molecule has 136 valence electrons. The summed E-state index contributed by atoms with van der Waals surface area (Å²) in [5, 5.41) is 2.41. The van der Waals surface area contributed by atoms with Gasteiger partial charge in [0.25, 0.3) is 0 Å². The van der Waals surface area contributed by atoms with E-state index in [-0.39, 0.29) is 18.0 Å². The Morgan fingerprint density at radius 1 is 1.15 bits per heavy atom. The van der Waals surface area contributed by atoms with E-state index in [0.29, 0.717) is 23.5 Å². The number of amides is 3. The highest BCUT2D eigenvalue weighted by atomic mass is 16.2. The minimum absolute atomic E-state index is 0.129. The molecule has 0 atom stereocenters. The van der Waals surface area contributed by atoms with Crippen LogP contribution >= 0.6 is 0 Å². The maximum atomic E-state index is 11.8. The van der Waals surface area contributed by atoms with E-state index in [9.17, 15) is 14.4 Å². The maximum Gasteiger partial charge on any atom is 0.316 e. The summed E-state index contributed by atoms with van der Waals surface area (Å²) >= 11 is 0. The topological polar surface area (TPSA) is 131 Å². The van der Waals surface area contributed by atoms with Crippen molar-refractivity contribution in [2.45, 2.75) is 13.8 Å². The molecule has 0 fully saturated rings. The zero-order valence-electron chi connectivity index (χ0n) is 14.7. The first-order chi connectivity index (χ1) is 12.3. The van der Waals surface area contributed by atoms with Crippen molar-refractivity contribution < 1.29 is 14.4 Å². The molecule has 0 aromatic heterocycles. The lowest BCUT2D eigenvalue weighted by molar-refractivity contribution is -0.116. The smallest absolute Gasteiger partial charge is 0.316 e. The lowest BCUT2D eigenvalue weighted by atomic mass is 10.0. The van der Waals surface area contributed by atoms with Gasteiger partial charge in [0, 0.05) is 18.3 Å². The van der Waals surface area contributed by atoms with E-state index in [0.717, 1.165) is 5.69 Å². The number of hydrogen-bond donors (Lipinski definition) is 3. The second-order valence-electron chi connectivity index (χ2n) is 5.73. The summed E-state index contributed by atoms with van der Waals surface area (Å²) in [6.07, 6.45) is 2.88. The van der Waals surface area contributed by atoms with Gasteiger partial charge in [-0.05, 0) is 49.8 Å². The summed E-state index contributed by atoms with van der Waals surface area (Å²) in [5.41, 5.74) is 13.0. The van der Waals surface area contributed by atoms with Crippen molar-refractivity contribution in [1.82, 2.24) is 5.32 Å². The van der Waals surface area contributed by atoms with Crippen molar-refractivity contribution in [3.05, 3.63) is 47.7 Å². The van der Waals surface area contributed by atoms with Gasteiger partial charge < -0.3 is 21.7 Å². The number of aliphatic imine (C=N–C) groups is 1. The summed E-state index contributed by atoms with van der Waals surface area (Å²) in [7, 11) is 0. The number of carbonyl (C=O) groups excluding carboxylic acids is 3. The first-order valence-electron chi connectivity index (χ1n) is 8.03. The zero-order chi connectivity index (χ0) is 19.3. The van der Waals surface area contributed by atoms with Crippen LogP contribution < -0.4 is 21.7 Å². The Morgan fingerprint density at radius 3 is 2.35 bits per heavy atom. The number of nitrogens with zero attached hydrogens (tertiary/aromatic N) is 2. The van der Waals surface area contributed by atoms with Crippen LogP contribution in [0, 0.1) is 0 Å². The number of benzene rings is 1. The summed E-state index contributed by atoms with van der Waals surface area (Å²) in [6.45, 7) is 4.36. The van der Waals surface area contributed by atoms with Crippen molar-refractivity contribution in [2.24, 2.45) is 16.5 Å². The van der Waals surface area contributed by atoms with Crippen LogP contribution in [0.25, 0.3) is 0 Å². The number of nitrogens with one attached hydrogen (secondary N) is 1. The lowest BCUT2D eigenvalue weighted by Gasteiger charge is -2.21. The Hall–Kier alpha value is -3.42. The number of hydrogen-bond acceptors (Lipinski definition) is 5. The second-order valence-corrected chi connectivity index (χ2v) is 5.73. The van der Waals surface area contributed by atoms with E-state index in [1.807, 2.05) is 24.0 Å². The minimum atomic E-state index is -0.773. The van der Waals surface area contributed by atoms with Gasteiger partial charge in [-0.15, -0.1) is 0 Å². The van der Waals surface area contributed by atoms with E-state index in [1.165, 1.54) is 6.08 Å². The number of nitrogens with two attached hydrogens (primary N) is 2. The fourth-order valence-corrected chi connectivity index (χ4v) is 2.45. The Morgan fingerprint density at radius 2 is 1.81 bits per heavy atom. The van der Waals surface area contributed by atoms with Crippen LogP contribution in [-0.4, -0.2) is 36.5 Å². The van der Waals surface area contributed by atoms with Gasteiger partial charge >= 0.3 is 6.03 Å². The number of anilines is 1. The van der Waals surface area contributed by atoms with Gasteiger partial charge in [0.05, 0.1) is 23.6 Å². The zero-order valence-corrected chi connectivity index (χ0v) is 14.7. The molecule has 3 amide bonds. The molecule has 1 aromatic rings. The minimum Gasteiger partial charge on any atom is -0.368 e. The van der Waals surface area contributed by atoms with Crippen LogP contribution in [0.3, 0.4) is 0 Å². The second kappa shape index (κ2) is 8.11. The molecule has 0 saturated carbocycles. The van der Waals surface area contributed by atoms with Gasteiger partial charge in [-0.2, -0.15) is 0 Å². The van der Waals surface area contributed by atoms with Gasteiger partial charge in [0.1, 0.15) is 0 Å². The quantitative estimate of drug-likeness (QED) is 0.661. The van der Waals surface area contributed by atoms with Gasteiger partial charge in [0.2, 0.25) is 5.91 Å². The Labute approximate surface area is 151 Å². The number of rotatable bonds is 6. The Kier molecular flexibility index (Phi) is 5.90. The third kappa shape index (κ3) is 4.79. The molecule has 0 unspecified atom stereocenters. The third-order valence-corrected chi connectivity index (χ3v) is 3.74.